The maximum atomic E-state index is 13.4. The molecule has 0 bridgehead atoms. The minimum Gasteiger partial charge on any atom is -0.480 e. The summed E-state index contributed by atoms with van der Waals surface area (Å²) in [5.41, 5.74) is -2.24. The number of halogens is 3. The SMILES string of the molecule is CC(=O)SCC(C)C(=O)N(CCC1NC(=O)c2cc(S(N)(=O)=O)c(C(F)(F)F)cc2N1)CC(=O)O. The van der Waals surface area contributed by atoms with E-state index in [1.807, 2.05) is 0 Å². The van der Waals surface area contributed by atoms with E-state index in [0.717, 1.165) is 16.7 Å². The summed E-state index contributed by atoms with van der Waals surface area (Å²) in [6.07, 6.45) is -6.17. The molecule has 1 aromatic carbocycles. The number of rotatable bonds is 9. The number of nitrogens with one attached hydrogen (secondary N) is 2. The molecule has 0 saturated heterocycles. The number of carbonyl (C=O) groups is 4. The first kappa shape index (κ1) is 28.4. The second-order valence-corrected chi connectivity index (χ2v) is 10.5. The van der Waals surface area contributed by atoms with Crippen LogP contribution in [0, 0.1) is 5.92 Å². The Bertz CT molecular complexity index is 1140. The van der Waals surface area contributed by atoms with Crippen LogP contribution in [0.25, 0.3) is 0 Å². The number of alkyl halides is 3. The Morgan fingerprint density at radius 3 is 2.40 bits per heavy atom. The molecule has 0 aliphatic carbocycles. The fourth-order valence-corrected chi connectivity index (χ4v) is 4.68. The molecule has 0 saturated carbocycles. The third-order valence-electron chi connectivity index (χ3n) is 4.89. The van der Waals surface area contributed by atoms with Crippen molar-refractivity contribution in [2.75, 3.05) is 24.2 Å². The molecule has 35 heavy (non-hydrogen) atoms. The highest BCUT2D eigenvalue weighted by molar-refractivity contribution is 8.13. The van der Waals surface area contributed by atoms with Crippen molar-refractivity contribution in [2.24, 2.45) is 11.1 Å². The van der Waals surface area contributed by atoms with Gasteiger partial charge in [0, 0.05) is 37.2 Å². The molecule has 1 aromatic rings. The number of hydrogen-bond acceptors (Lipinski definition) is 8. The van der Waals surface area contributed by atoms with Gasteiger partial charge in [0.2, 0.25) is 15.9 Å². The highest BCUT2D eigenvalue weighted by atomic mass is 32.2. The average molecular weight is 541 g/mol. The molecule has 16 heteroatoms. The van der Waals surface area contributed by atoms with Crippen LogP contribution in [0.15, 0.2) is 17.0 Å². The Kier molecular flexibility index (Phi) is 8.78. The Morgan fingerprint density at radius 1 is 1.26 bits per heavy atom. The maximum Gasteiger partial charge on any atom is 0.417 e. The number of carboxylic acid groups (broad SMARTS) is 1. The molecular weight excluding hydrogens is 517 g/mol. The lowest BCUT2D eigenvalue weighted by atomic mass is 10.0. The van der Waals surface area contributed by atoms with E-state index in [9.17, 15) is 40.8 Å². The molecule has 11 nitrogen and oxygen atoms in total. The van der Waals surface area contributed by atoms with Crippen LogP contribution in [0.1, 0.15) is 36.2 Å². The van der Waals surface area contributed by atoms with Crippen LogP contribution in [-0.4, -0.2) is 66.3 Å². The summed E-state index contributed by atoms with van der Waals surface area (Å²) in [5.74, 6) is -3.31. The third kappa shape index (κ3) is 7.57. The predicted molar refractivity (Wildman–Crippen MR) is 119 cm³/mol. The van der Waals surface area contributed by atoms with E-state index >= 15 is 0 Å². The van der Waals surface area contributed by atoms with Crippen molar-refractivity contribution in [3.8, 4) is 0 Å². The molecule has 0 fully saturated rings. The maximum absolute atomic E-state index is 13.4. The van der Waals surface area contributed by atoms with Crippen LogP contribution in [-0.2, 0) is 30.6 Å². The van der Waals surface area contributed by atoms with Gasteiger partial charge in [0.25, 0.3) is 5.91 Å². The number of benzene rings is 1. The largest absolute Gasteiger partial charge is 0.480 e. The van der Waals surface area contributed by atoms with Crippen molar-refractivity contribution < 1.29 is 45.9 Å². The van der Waals surface area contributed by atoms with Gasteiger partial charge in [0.15, 0.2) is 5.12 Å². The van der Waals surface area contributed by atoms with Crippen LogP contribution in [0.4, 0.5) is 18.9 Å². The smallest absolute Gasteiger partial charge is 0.417 e. The van der Waals surface area contributed by atoms with Crippen LogP contribution in [0.5, 0.6) is 0 Å². The summed E-state index contributed by atoms with van der Waals surface area (Å²) in [6, 6.07) is 0.989. The van der Waals surface area contributed by atoms with Crippen molar-refractivity contribution in [1.82, 2.24) is 10.2 Å². The standard InChI is InChI=1S/C19H23F3N4O7S2/c1-9(8-34-10(2)27)18(31)26(7-16(28)29)4-3-15-24-13-6-12(19(20,21)22)14(35(23,32)33)5-11(13)17(30)25-15/h5-6,9,15,24H,3-4,7-8H2,1-2H3,(H,25,30)(H,28,29)(H2,23,32,33). The van der Waals surface area contributed by atoms with E-state index in [0.29, 0.717) is 12.1 Å². The summed E-state index contributed by atoms with van der Waals surface area (Å²) in [7, 11) is -4.80. The van der Waals surface area contributed by atoms with Gasteiger partial charge in [-0.15, -0.1) is 0 Å². The van der Waals surface area contributed by atoms with E-state index < -0.39 is 63.1 Å². The number of primary sulfonamides is 1. The number of aliphatic carboxylic acids is 1. The van der Waals surface area contributed by atoms with Gasteiger partial charge >= 0.3 is 12.1 Å². The molecule has 2 unspecified atom stereocenters. The summed E-state index contributed by atoms with van der Waals surface area (Å²) in [5, 5.41) is 18.9. The van der Waals surface area contributed by atoms with Crippen LogP contribution >= 0.6 is 11.8 Å². The Morgan fingerprint density at radius 2 is 1.89 bits per heavy atom. The molecule has 0 radical (unpaired) electrons. The number of thioether (sulfide) groups is 1. The van der Waals surface area contributed by atoms with Gasteiger partial charge in [-0.05, 0) is 12.1 Å². The van der Waals surface area contributed by atoms with Crippen molar-refractivity contribution in [2.45, 2.75) is 37.5 Å². The van der Waals surface area contributed by atoms with Gasteiger partial charge < -0.3 is 20.6 Å². The lowest BCUT2D eigenvalue weighted by Gasteiger charge is -2.31. The van der Waals surface area contributed by atoms with Gasteiger partial charge in [-0.3, -0.25) is 19.2 Å². The highest BCUT2D eigenvalue weighted by Gasteiger charge is 2.39. The summed E-state index contributed by atoms with van der Waals surface area (Å²) in [6.45, 7) is 1.99. The van der Waals surface area contributed by atoms with Crippen molar-refractivity contribution in [1.29, 1.82) is 0 Å². The number of fused-ring (bicyclic) bond motifs is 1. The molecule has 2 atom stereocenters. The summed E-state index contributed by atoms with van der Waals surface area (Å²) < 4.78 is 63.6. The number of nitrogens with zero attached hydrogens (tertiary/aromatic N) is 1. The topological polar surface area (TPSA) is 176 Å². The number of anilines is 1. The summed E-state index contributed by atoms with van der Waals surface area (Å²) in [4.78, 5) is 47.2. The Labute approximate surface area is 202 Å². The Balaban J connectivity index is 2.24. The number of hydrogen-bond donors (Lipinski definition) is 4. The van der Waals surface area contributed by atoms with Gasteiger partial charge in [0.1, 0.15) is 12.7 Å². The number of sulfonamides is 1. The van der Waals surface area contributed by atoms with Crippen molar-refractivity contribution >= 4 is 50.4 Å². The second kappa shape index (κ2) is 10.8. The molecule has 194 valence electrons. The van der Waals surface area contributed by atoms with E-state index in [2.05, 4.69) is 10.6 Å². The molecule has 1 heterocycles. The van der Waals surface area contributed by atoms with Crippen LogP contribution < -0.4 is 15.8 Å². The van der Waals surface area contributed by atoms with Gasteiger partial charge in [-0.25, -0.2) is 13.6 Å². The molecule has 2 amide bonds. The zero-order chi connectivity index (χ0) is 26.7. The van der Waals surface area contributed by atoms with Gasteiger partial charge in [-0.2, -0.15) is 13.2 Å². The van der Waals surface area contributed by atoms with Crippen molar-refractivity contribution in [3.05, 3.63) is 23.3 Å². The van der Waals surface area contributed by atoms with E-state index in [-0.39, 0.29) is 35.1 Å². The second-order valence-electron chi connectivity index (χ2n) is 7.75. The molecule has 0 spiro atoms. The van der Waals surface area contributed by atoms with E-state index in [4.69, 9.17) is 10.2 Å². The van der Waals surface area contributed by atoms with Gasteiger partial charge in [-0.1, -0.05) is 18.7 Å². The number of nitrogens with two attached hydrogens (primary N) is 1. The molecular formula is C19H23F3N4O7S2. The normalized spacial score (nSPS) is 16.5. The fraction of sp³-hybridized carbons (Fsp3) is 0.474. The van der Waals surface area contributed by atoms with Crippen LogP contribution in [0.3, 0.4) is 0 Å². The molecule has 1 aliphatic rings. The fourth-order valence-electron chi connectivity index (χ4n) is 3.29. The minimum absolute atomic E-state index is 0.0882. The number of carbonyl (C=O) groups excluding carboxylic acids is 3. The molecule has 0 aromatic heterocycles. The zero-order valence-corrected chi connectivity index (χ0v) is 20.1. The predicted octanol–water partition coefficient (Wildman–Crippen LogP) is 1.05. The first-order valence-corrected chi connectivity index (χ1v) is 12.5. The first-order valence-electron chi connectivity index (χ1n) is 10.00. The lowest BCUT2D eigenvalue weighted by molar-refractivity contribution is -0.145. The third-order valence-corrected chi connectivity index (χ3v) is 6.92. The summed E-state index contributed by atoms with van der Waals surface area (Å²) >= 11 is 0.902. The minimum atomic E-state index is -5.08. The van der Waals surface area contributed by atoms with Gasteiger partial charge in [0.05, 0.1) is 16.0 Å². The molecule has 2 rings (SSSR count). The lowest BCUT2D eigenvalue weighted by Crippen LogP contribution is -2.48. The monoisotopic (exact) mass is 540 g/mol. The number of amides is 2. The zero-order valence-electron chi connectivity index (χ0n) is 18.5. The average Bonchev–Trinajstić information content (AvgIpc) is 2.72. The Hall–Kier alpha value is -2.85. The highest BCUT2D eigenvalue weighted by Crippen LogP contribution is 2.38. The van der Waals surface area contributed by atoms with E-state index in [1.54, 1.807) is 0 Å². The van der Waals surface area contributed by atoms with E-state index in [1.165, 1.54) is 13.8 Å². The van der Waals surface area contributed by atoms with Crippen LogP contribution in [0.2, 0.25) is 0 Å². The first-order chi connectivity index (χ1) is 16.0. The quantitative estimate of drug-likeness (QED) is 0.357. The van der Waals surface area contributed by atoms with Crippen molar-refractivity contribution in [3.63, 3.8) is 0 Å². The molecule has 1 aliphatic heterocycles. The molecule has 5 N–H and O–H groups in total. The number of carboxylic acids is 1.